The Morgan fingerprint density at radius 2 is 2.56 bits per heavy atom. The van der Waals surface area contributed by atoms with Crippen molar-refractivity contribution in [2.24, 2.45) is 0 Å². The second-order valence-electron chi connectivity index (χ2n) is 2.69. The molecular weight excluding hydrogens is 114 g/mol. The highest BCUT2D eigenvalue weighted by Gasteiger charge is 2.19. The van der Waals surface area contributed by atoms with Crippen molar-refractivity contribution in [3.8, 4) is 0 Å². The molecule has 0 aromatic heterocycles. The van der Waals surface area contributed by atoms with E-state index < -0.39 is 0 Å². The maximum absolute atomic E-state index is 8.84. The summed E-state index contributed by atoms with van der Waals surface area (Å²) in [5, 5.41) is 12.0. The minimum absolute atomic E-state index is 0.155. The van der Waals surface area contributed by atoms with Gasteiger partial charge in [0.1, 0.15) is 0 Å². The molecule has 0 aliphatic carbocycles. The van der Waals surface area contributed by atoms with Gasteiger partial charge < -0.3 is 10.4 Å². The molecule has 1 heterocycles. The number of nitrogens with one attached hydrogen (secondary N) is 1. The fourth-order valence-corrected chi connectivity index (χ4v) is 0.952. The second kappa shape index (κ2) is 2.50. The van der Waals surface area contributed by atoms with Crippen molar-refractivity contribution in [1.82, 2.24) is 5.32 Å². The first-order chi connectivity index (χ1) is 4.27. The molecule has 2 N–H and O–H groups in total. The summed E-state index contributed by atoms with van der Waals surface area (Å²) >= 11 is 0. The van der Waals surface area contributed by atoms with E-state index in [9.17, 15) is 0 Å². The van der Waals surface area contributed by atoms with Crippen LogP contribution >= 0.6 is 0 Å². The fraction of sp³-hybridized carbons (Fsp3) is 0.714. The number of hydrogen-bond donors (Lipinski definition) is 2. The molecule has 0 fully saturated rings. The van der Waals surface area contributed by atoms with Gasteiger partial charge in [0.05, 0.1) is 12.1 Å². The monoisotopic (exact) mass is 127 g/mol. The molecule has 0 amide bonds. The molecule has 1 aliphatic rings. The van der Waals surface area contributed by atoms with Gasteiger partial charge in [-0.2, -0.15) is 0 Å². The highest BCUT2D eigenvalue weighted by Crippen LogP contribution is 2.08. The van der Waals surface area contributed by atoms with Crippen molar-refractivity contribution >= 4 is 0 Å². The molecule has 2 heteroatoms. The van der Waals surface area contributed by atoms with Gasteiger partial charge in [0.2, 0.25) is 0 Å². The molecule has 1 rings (SSSR count). The van der Waals surface area contributed by atoms with Crippen molar-refractivity contribution < 1.29 is 5.11 Å². The maximum atomic E-state index is 8.84. The summed E-state index contributed by atoms with van der Waals surface area (Å²) in [7, 11) is 0. The average Bonchev–Trinajstić information content (AvgIpc) is 1.90. The van der Waals surface area contributed by atoms with Crippen LogP contribution < -0.4 is 5.32 Å². The molecule has 0 saturated heterocycles. The number of hydrogen-bond acceptors (Lipinski definition) is 2. The number of aliphatic hydroxyl groups excluding tert-OH is 1. The maximum Gasteiger partial charge on any atom is 0.0646 e. The third kappa shape index (κ3) is 1.53. The standard InChI is InChI=1S/C7H13NO/c1-7(6-9)4-2-3-5-8-7/h2,4,8-9H,3,5-6H2,1H3. The SMILES string of the molecule is CC1(CO)C=CCCN1. The lowest BCUT2D eigenvalue weighted by Gasteiger charge is -2.27. The lowest BCUT2D eigenvalue weighted by atomic mass is 10.00. The molecule has 1 unspecified atom stereocenters. The van der Waals surface area contributed by atoms with Gasteiger partial charge in [-0.1, -0.05) is 12.2 Å². The normalized spacial score (nSPS) is 34.9. The van der Waals surface area contributed by atoms with Gasteiger partial charge in [0.15, 0.2) is 0 Å². The summed E-state index contributed by atoms with van der Waals surface area (Å²) in [5.41, 5.74) is -0.155. The molecule has 1 atom stereocenters. The van der Waals surface area contributed by atoms with E-state index in [1.54, 1.807) is 0 Å². The van der Waals surface area contributed by atoms with Gasteiger partial charge in [-0.25, -0.2) is 0 Å². The van der Waals surface area contributed by atoms with Crippen molar-refractivity contribution in [2.75, 3.05) is 13.2 Å². The highest BCUT2D eigenvalue weighted by molar-refractivity contribution is 5.07. The summed E-state index contributed by atoms with van der Waals surface area (Å²) < 4.78 is 0. The first kappa shape index (κ1) is 6.78. The fourth-order valence-electron chi connectivity index (χ4n) is 0.952. The van der Waals surface area contributed by atoms with Crippen LogP contribution in [0.1, 0.15) is 13.3 Å². The van der Waals surface area contributed by atoms with E-state index in [2.05, 4.69) is 11.4 Å². The van der Waals surface area contributed by atoms with E-state index in [0.717, 1.165) is 13.0 Å². The molecule has 0 bridgehead atoms. The van der Waals surface area contributed by atoms with E-state index in [1.165, 1.54) is 0 Å². The molecule has 0 saturated carbocycles. The third-order valence-corrected chi connectivity index (χ3v) is 1.65. The molecule has 52 valence electrons. The van der Waals surface area contributed by atoms with Crippen LogP contribution in [0.2, 0.25) is 0 Å². The van der Waals surface area contributed by atoms with E-state index in [4.69, 9.17) is 5.11 Å². The van der Waals surface area contributed by atoms with Gasteiger partial charge in [-0.15, -0.1) is 0 Å². The van der Waals surface area contributed by atoms with Gasteiger partial charge in [0, 0.05) is 0 Å². The Hall–Kier alpha value is -0.340. The topological polar surface area (TPSA) is 32.3 Å². The van der Waals surface area contributed by atoms with Crippen LogP contribution in [0.25, 0.3) is 0 Å². The summed E-state index contributed by atoms with van der Waals surface area (Å²) in [6.45, 7) is 3.15. The smallest absolute Gasteiger partial charge is 0.0646 e. The van der Waals surface area contributed by atoms with Crippen LogP contribution in [0.3, 0.4) is 0 Å². The van der Waals surface area contributed by atoms with E-state index in [-0.39, 0.29) is 12.1 Å². The van der Waals surface area contributed by atoms with Crippen LogP contribution in [0.5, 0.6) is 0 Å². The number of rotatable bonds is 1. The first-order valence-corrected chi connectivity index (χ1v) is 3.30. The summed E-state index contributed by atoms with van der Waals surface area (Å²) in [6, 6.07) is 0. The highest BCUT2D eigenvalue weighted by atomic mass is 16.3. The average molecular weight is 127 g/mol. The van der Waals surface area contributed by atoms with Gasteiger partial charge in [-0.05, 0) is 19.9 Å². The lowest BCUT2D eigenvalue weighted by molar-refractivity contribution is 0.205. The minimum Gasteiger partial charge on any atom is -0.394 e. The van der Waals surface area contributed by atoms with Crippen molar-refractivity contribution in [3.63, 3.8) is 0 Å². The van der Waals surface area contributed by atoms with E-state index in [1.807, 2.05) is 13.0 Å². The summed E-state index contributed by atoms with van der Waals surface area (Å²) in [5.74, 6) is 0. The van der Waals surface area contributed by atoms with Gasteiger partial charge >= 0.3 is 0 Å². The minimum atomic E-state index is -0.155. The zero-order chi connectivity index (χ0) is 6.74. The second-order valence-corrected chi connectivity index (χ2v) is 2.69. The lowest BCUT2D eigenvalue weighted by Crippen LogP contribution is -2.46. The molecule has 2 nitrogen and oxygen atoms in total. The Morgan fingerprint density at radius 3 is 2.89 bits per heavy atom. The molecule has 1 aliphatic heterocycles. The number of aliphatic hydroxyl groups is 1. The van der Waals surface area contributed by atoms with Crippen molar-refractivity contribution in [3.05, 3.63) is 12.2 Å². The zero-order valence-electron chi connectivity index (χ0n) is 5.72. The molecule has 0 spiro atoms. The third-order valence-electron chi connectivity index (χ3n) is 1.65. The predicted molar refractivity (Wildman–Crippen MR) is 37.3 cm³/mol. The summed E-state index contributed by atoms with van der Waals surface area (Å²) in [4.78, 5) is 0. The molecular formula is C7H13NO. The van der Waals surface area contributed by atoms with Crippen LogP contribution in [-0.4, -0.2) is 23.8 Å². The van der Waals surface area contributed by atoms with Crippen LogP contribution in [0.4, 0.5) is 0 Å². The van der Waals surface area contributed by atoms with Crippen LogP contribution in [0.15, 0.2) is 12.2 Å². The Bertz CT molecular complexity index is 122. The molecule has 0 radical (unpaired) electrons. The molecule has 9 heavy (non-hydrogen) atoms. The molecule has 0 aromatic rings. The zero-order valence-corrected chi connectivity index (χ0v) is 5.72. The van der Waals surface area contributed by atoms with Gasteiger partial charge in [0.25, 0.3) is 0 Å². The summed E-state index contributed by atoms with van der Waals surface area (Å²) in [6.07, 6.45) is 5.21. The Kier molecular flexibility index (Phi) is 1.88. The van der Waals surface area contributed by atoms with E-state index >= 15 is 0 Å². The van der Waals surface area contributed by atoms with E-state index in [0.29, 0.717) is 0 Å². The Labute approximate surface area is 55.6 Å². The first-order valence-electron chi connectivity index (χ1n) is 3.30. The largest absolute Gasteiger partial charge is 0.394 e. The van der Waals surface area contributed by atoms with Crippen molar-refractivity contribution in [2.45, 2.75) is 18.9 Å². The van der Waals surface area contributed by atoms with Crippen LogP contribution in [0, 0.1) is 0 Å². The van der Waals surface area contributed by atoms with Gasteiger partial charge in [-0.3, -0.25) is 0 Å². The Balaban J connectivity index is 2.56. The van der Waals surface area contributed by atoms with Crippen molar-refractivity contribution in [1.29, 1.82) is 0 Å². The quantitative estimate of drug-likeness (QED) is 0.496. The Morgan fingerprint density at radius 1 is 1.78 bits per heavy atom. The predicted octanol–water partition coefficient (Wildman–Crippen LogP) is 0.287. The van der Waals surface area contributed by atoms with Crippen LogP contribution in [-0.2, 0) is 0 Å². The molecule has 0 aromatic carbocycles.